The summed E-state index contributed by atoms with van der Waals surface area (Å²) in [6.07, 6.45) is 14.9. The molecule has 3 unspecified atom stereocenters. The molecule has 158 valence electrons. The molecule has 1 aliphatic heterocycles. The summed E-state index contributed by atoms with van der Waals surface area (Å²) in [4.78, 5) is 2.67. The Kier molecular flexibility index (Phi) is 4.96. The molecule has 2 heteroatoms. The average molecular weight is 402 g/mol. The minimum absolute atomic E-state index is 0.0601. The number of piperidine rings is 1. The van der Waals surface area contributed by atoms with E-state index >= 15 is 0 Å². The lowest BCUT2D eigenvalue weighted by molar-refractivity contribution is 0.00429. The molecule has 2 aromatic rings. The van der Waals surface area contributed by atoms with Crippen LogP contribution in [0, 0.1) is 17.8 Å². The molecule has 0 bridgehead atoms. The fraction of sp³-hybridized carbons (Fsp3) is 0.571. The lowest BCUT2D eigenvalue weighted by atomic mass is 9.77. The predicted molar refractivity (Wildman–Crippen MR) is 124 cm³/mol. The molecule has 0 spiro atoms. The number of hydrogen-bond donors (Lipinski definition) is 1. The van der Waals surface area contributed by atoms with Crippen molar-refractivity contribution in [1.82, 2.24) is 4.90 Å². The Hall–Kier alpha value is -1.64. The Morgan fingerprint density at radius 2 is 1.73 bits per heavy atom. The SMILES string of the molecule is OC(C1CCCCC1)C1CCN(Cc2c3c(cc4ccccc24)C=CC2CC32)CC1. The van der Waals surface area contributed by atoms with Crippen LogP contribution in [0.3, 0.4) is 0 Å². The molecule has 1 heterocycles. The van der Waals surface area contributed by atoms with Crippen LogP contribution in [0.5, 0.6) is 0 Å². The van der Waals surface area contributed by atoms with Crippen molar-refractivity contribution in [2.24, 2.45) is 17.8 Å². The summed E-state index contributed by atoms with van der Waals surface area (Å²) in [6.45, 7) is 3.35. The van der Waals surface area contributed by atoms with Gasteiger partial charge >= 0.3 is 0 Å². The first-order valence-corrected chi connectivity index (χ1v) is 12.4. The van der Waals surface area contributed by atoms with Gasteiger partial charge in [-0.05, 0) is 102 Å². The van der Waals surface area contributed by atoms with Crippen molar-refractivity contribution in [3.05, 3.63) is 53.1 Å². The van der Waals surface area contributed by atoms with Crippen molar-refractivity contribution >= 4 is 16.8 Å². The van der Waals surface area contributed by atoms with E-state index in [1.165, 1.54) is 54.9 Å². The maximum Gasteiger partial charge on any atom is 0.0597 e. The first-order valence-electron chi connectivity index (χ1n) is 12.4. The maximum absolute atomic E-state index is 11.0. The molecule has 0 radical (unpaired) electrons. The molecule has 4 aliphatic rings. The Morgan fingerprint density at radius 1 is 0.967 bits per heavy atom. The van der Waals surface area contributed by atoms with Crippen LogP contribution >= 0.6 is 0 Å². The number of aliphatic hydroxyl groups excluding tert-OH is 1. The first-order chi connectivity index (χ1) is 14.8. The molecule has 0 amide bonds. The zero-order valence-corrected chi connectivity index (χ0v) is 18.1. The van der Waals surface area contributed by atoms with E-state index in [9.17, 15) is 5.11 Å². The van der Waals surface area contributed by atoms with E-state index in [-0.39, 0.29) is 6.10 Å². The Balaban J connectivity index is 1.21. The van der Waals surface area contributed by atoms with E-state index in [4.69, 9.17) is 0 Å². The summed E-state index contributed by atoms with van der Waals surface area (Å²) in [6, 6.07) is 11.4. The minimum Gasteiger partial charge on any atom is -0.393 e. The number of benzene rings is 2. The van der Waals surface area contributed by atoms with Crippen molar-refractivity contribution in [1.29, 1.82) is 0 Å². The molecule has 3 aliphatic carbocycles. The van der Waals surface area contributed by atoms with Crippen molar-refractivity contribution in [2.45, 2.75) is 69.9 Å². The van der Waals surface area contributed by atoms with Crippen LogP contribution in [0.4, 0.5) is 0 Å². The summed E-state index contributed by atoms with van der Waals surface area (Å²) in [5.74, 6) is 2.63. The van der Waals surface area contributed by atoms with Crippen LogP contribution in [-0.4, -0.2) is 29.2 Å². The third-order valence-electron chi connectivity index (χ3n) is 8.60. The lowest BCUT2D eigenvalue weighted by Crippen LogP contribution is -2.40. The smallest absolute Gasteiger partial charge is 0.0597 e. The van der Waals surface area contributed by atoms with E-state index in [0.29, 0.717) is 11.8 Å². The van der Waals surface area contributed by atoms with Gasteiger partial charge in [-0.1, -0.05) is 55.7 Å². The fourth-order valence-corrected chi connectivity index (χ4v) is 6.73. The quantitative estimate of drug-likeness (QED) is 0.667. The topological polar surface area (TPSA) is 23.5 Å². The number of hydrogen-bond acceptors (Lipinski definition) is 2. The monoisotopic (exact) mass is 401 g/mol. The molecular weight excluding hydrogens is 366 g/mol. The minimum atomic E-state index is -0.0601. The highest BCUT2D eigenvalue weighted by Gasteiger charge is 2.41. The van der Waals surface area contributed by atoms with Crippen molar-refractivity contribution in [2.75, 3.05) is 13.1 Å². The second-order valence-corrected chi connectivity index (χ2v) is 10.4. The van der Waals surface area contributed by atoms with Crippen molar-refractivity contribution in [3.63, 3.8) is 0 Å². The Labute approximate surface area is 181 Å². The highest BCUT2D eigenvalue weighted by Crippen LogP contribution is 2.55. The van der Waals surface area contributed by atoms with Gasteiger partial charge in [-0.3, -0.25) is 4.90 Å². The molecule has 1 saturated heterocycles. The molecule has 0 aromatic heterocycles. The molecule has 2 aromatic carbocycles. The highest BCUT2D eigenvalue weighted by atomic mass is 16.3. The zero-order valence-electron chi connectivity index (χ0n) is 18.1. The van der Waals surface area contributed by atoms with Crippen LogP contribution in [0.2, 0.25) is 0 Å². The standard InChI is InChI=1S/C28H35NO/c30-28(19-6-2-1-3-7-19)20-12-14-29(15-13-20)18-26-24-9-5-4-8-21(24)16-23-11-10-22-17-25(22)27(23)26/h4-5,8-11,16,19-20,22,25,28,30H,1-3,6-7,12-15,17-18H2. The number of nitrogens with zero attached hydrogens (tertiary/aromatic N) is 1. The van der Waals surface area contributed by atoms with Gasteiger partial charge in [-0.2, -0.15) is 0 Å². The van der Waals surface area contributed by atoms with Gasteiger partial charge in [0.05, 0.1) is 6.10 Å². The van der Waals surface area contributed by atoms with Gasteiger partial charge < -0.3 is 5.11 Å². The number of allylic oxidation sites excluding steroid dienone is 1. The molecule has 30 heavy (non-hydrogen) atoms. The van der Waals surface area contributed by atoms with Gasteiger partial charge in [-0.25, -0.2) is 0 Å². The summed E-state index contributed by atoms with van der Waals surface area (Å²) < 4.78 is 0. The Bertz CT molecular complexity index is 949. The van der Waals surface area contributed by atoms with E-state index in [0.717, 1.165) is 44.3 Å². The third kappa shape index (κ3) is 3.42. The summed E-state index contributed by atoms with van der Waals surface area (Å²) in [5, 5.41) is 13.8. The average Bonchev–Trinajstić information content (AvgIpc) is 3.59. The largest absolute Gasteiger partial charge is 0.393 e. The van der Waals surface area contributed by atoms with Gasteiger partial charge in [-0.15, -0.1) is 0 Å². The maximum atomic E-state index is 11.0. The zero-order chi connectivity index (χ0) is 20.1. The third-order valence-corrected chi connectivity index (χ3v) is 8.60. The van der Waals surface area contributed by atoms with E-state index in [2.05, 4.69) is 47.4 Å². The second kappa shape index (κ2) is 7.80. The van der Waals surface area contributed by atoms with Gasteiger partial charge in [0.15, 0.2) is 0 Å². The van der Waals surface area contributed by atoms with Gasteiger partial charge in [0.1, 0.15) is 0 Å². The number of fused-ring (bicyclic) bond motifs is 4. The molecule has 1 N–H and O–H groups in total. The van der Waals surface area contributed by atoms with Crippen LogP contribution < -0.4 is 0 Å². The van der Waals surface area contributed by atoms with Crippen LogP contribution in [0.1, 0.15) is 74.0 Å². The molecule has 6 rings (SSSR count). The molecule has 2 saturated carbocycles. The Morgan fingerprint density at radius 3 is 2.57 bits per heavy atom. The first kappa shape index (κ1) is 19.1. The fourth-order valence-electron chi connectivity index (χ4n) is 6.73. The van der Waals surface area contributed by atoms with Crippen molar-refractivity contribution in [3.8, 4) is 0 Å². The van der Waals surface area contributed by atoms with Crippen LogP contribution in [0.15, 0.2) is 36.4 Å². The van der Waals surface area contributed by atoms with E-state index < -0.39 is 0 Å². The second-order valence-electron chi connectivity index (χ2n) is 10.4. The summed E-state index contributed by atoms with van der Waals surface area (Å²) >= 11 is 0. The van der Waals surface area contributed by atoms with E-state index in [1.807, 2.05) is 0 Å². The number of likely N-dealkylation sites (tertiary alicyclic amines) is 1. The molecule has 3 fully saturated rings. The summed E-state index contributed by atoms with van der Waals surface area (Å²) in [5.41, 5.74) is 4.70. The number of aliphatic hydroxyl groups is 1. The van der Waals surface area contributed by atoms with Gasteiger partial charge in [0.25, 0.3) is 0 Å². The normalized spacial score (nSPS) is 28.3. The molecule has 3 atom stereocenters. The number of rotatable bonds is 4. The van der Waals surface area contributed by atoms with E-state index in [1.54, 1.807) is 11.1 Å². The predicted octanol–water partition coefficient (Wildman–Crippen LogP) is 6.12. The summed E-state index contributed by atoms with van der Waals surface area (Å²) in [7, 11) is 0. The lowest BCUT2D eigenvalue weighted by Gasteiger charge is -2.38. The molecule has 2 nitrogen and oxygen atoms in total. The van der Waals surface area contributed by atoms with Gasteiger partial charge in [0.2, 0.25) is 0 Å². The van der Waals surface area contributed by atoms with Crippen molar-refractivity contribution < 1.29 is 5.11 Å². The van der Waals surface area contributed by atoms with Crippen LogP contribution in [-0.2, 0) is 6.54 Å². The van der Waals surface area contributed by atoms with Crippen LogP contribution in [0.25, 0.3) is 16.8 Å². The van der Waals surface area contributed by atoms with Gasteiger partial charge in [0, 0.05) is 6.54 Å². The molecular formula is C28H35NO. The highest BCUT2D eigenvalue weighted by molar-refractivity contribution is 5.90.